The van der Waals surface area contributed by atoms with Crippen LogP contribution in [0.3, 0.4) is 0 Å². The summed E-state index contributed by atoms with van der Waals surface area (Å²) in [7, 11) is 0. The molecule has 8 heteroatoms. The fourth-order valence-corrected chi connectivity index (χ4v) is 5.32. The molecule has 2 fully saturated rings. The smallest absolute Gasteiger partial charge is 0.275 e. The lowest BCUT2D eigenvalue weighted by Crippen LogP contribution is -2.52. The second-order valence-corrected chi connectivity index (χ2v) is 9.74. The Balaban J connectivity index is 1.48. The van der Waals surface area contributed by atoms with E-state index in [9.17, 15) is 4.79 Å². The van der Waals surface area contributed by atoms with E-state index in [1.807, 2.05) is 43.1 Å². The van der Waals surface area contributed by atoms with Gasteiger partial charge in [0.05, 0.1) is 18.4 Å². The van der Waals surface area contributed by atoms with E-state index in [4.69, 9.17) is 4.74 Å². The molecule has 2 aliphatic rings. The summed E-state index contributed by atoms with van der Waals surface area (Å²) in [6.07, 6.45) is 9.53. The number of likely N-dealkylation sites (tertiary alicyclic amines) is 1. The van der Waals surface area contributed by atoms with Crippen LogP contribution in [0, 0.1) is 25.7 Å². The quantitative estimate of drug-likeness (QED) is 0.573. The molecule has 4 atom stereocenters. The molecule has 1 saturated heterocycles. The minimum Gasteiger partial charge on any atom is -0.472 e. The lowest BCUT2D eigenvalue weighted by molar-refractivity contribution is 0.0234. The van der Waals surface area contributed by atoms with Gasteiger partial charge in [0.25, 0.3) is 5.91 Å². The summed E-state index contributed by atoms with van der Waals surface area (Å²) in [4.78, 5) is 26.5. The molecule has 1 aliphatic carbocycles. The first kappa shape index (κ1) is 21.6. The molecule has 33 heavy (non-hydrogen) atoms. The lowest BCUT2D eigenvalue weighted by atomic mass is 9.90. The van der Waals surface area contributed by atoms with Crippen LogP contribution in [-0.2, 0) is 0 Å². The van der Waals surface area contributed by atoms with Gasteiger partial charge in [0.2, 0.25) is 5.88 Å². The number of amides is 1. The van der Waals surface area contributed by atoms with Crippen LogP contribution in [0.2, 0.25) is 0 Å². The molecule has 8 nitrogen and oxygen atoms in total. The fraction of sp³-hybridized carbons (Fsp3) is 0.480. The van der Waals surface area contributed by atoms with E-state index >= 15 is 0 Å². The molecule has 1 saturated carbocycles. The maximum atomic E-state index is 14.0. The normalized spacial score (nSPS) is 24.0. The summed E-state index contributed by atoms with van der Waals surface area (Å²) in [6, 6.07) is 5.99. The highest BCUT2D eigenvalue weighted by Crippen LogP contribution is 2.46. The highest BCUT2D eigenvalue weighted by molar-refractivity contribution is 5.96. The molecule has 1 amide bonds. The van der Waals surface area contributed by atoms with Crippen molar-refractivity contribution in [3.63, 3.8) is 0 Å². The number of piperidine rings is 1. The van der Waals surface area contributed by atoms with Gasteiger partial charge in [-0.05, 0) is 62.1 Å². The predicted molar refractivity (Wildman–Crippen MR) is 123 cm³/mol. The van der Waals surface area contributed by atoms with Gasteiger partial charge in [0.1, 0.15) is 11.8 Å². The molecule has 2 bridgehead atoms. The van der Waals surface area contributed by atoms with E-state index in [0.717, 1.165) is 30.4 Å². The highest BCUT2D eigenvalue weighted by Gasteiger charge is 2.54. The van der Waals surface area contributed by atoms with Crippen molar-refractivity contribution in [2.24, 2.45) is 11.8 Å². The minimum absolute atomic E-state index is 0.00381. The topological polar surface area (TPSA) is 86.0 Å². The first-order valence-corrected chi connectivity index (χ1v) is 11.7. The molecule has 0 aromatic carbocycles. The second-order valence-electron chi connectivity index (χ2n) is 9.74. The van der Waals surface area contributed by atoms with Crippen molar-refractivity contribution in [3.8, 4) is 11.6 Å². The molecule has 0 radical (unpaired) electrons. The van der Waals surface area contributed by atoms with Crippen LogP contribution >= 0.6 is 0 Å². The Labute approximate surface area is 194 Å². The Morgan fingerprint density at radius 3 is 2.55 bits per heavy atom. The van der Waals surface area contributed by atoms with Crippen molar-refractivity contribution in [2.75, 3.05) is 0 Å². The Bertz CT molecular complexity index is 1130. The van der Waals surface area contributed by atoms with Gasteiger partial charge in [0.15, 0.2) is 5.69 Å². The zero-order chi connectivity index (χ0) is 23.1. The van der Waals surface area contributed by atoms with Crippen molar-refractivity contribution >= 4 is 5.91 Å². The molecule has 172 valence electrons. The Morgan fingerprint density at radius 1 is 1.09 bits per heavy atom. The summed E-state index contributed by atoms with van der Waals surface area (Å²) in [5, 5.41) is 8.50. The van der Waals surface area contributed by atoms with Gasteiger partial charge < -0.3 is 9.64 Å². The first-order valence-electron chi connectivity index (χ1n) is 11.7. The van der Waals surface area contributed by atoms with Crippen LogP contribution in [0.1, 0.15) is 54.7 Å². The number of carbonyl (C=O) groups is 1. The third-order valence-corrected chi connectivity index (χ3v) is 6.71. The number of carbonyl (C=O) groups excluding carboxylic acids is 1. The maximum Gasteiger partial charge on any atom is 0.275 e. The zero-order valence-electron chi connectivity index (χ0n) is 19.5. The highest BCUT2D eigenvalue weighted by atomic mass is 16.5. The summed E-state index contributed by atoms with van der Waals surface area (Å²) in [6.45, 7) is 8.38. The van der Waals surface area contributed by atoms with E-state index in [1.165, 1.54) is 4.80 Å². The minimum atomic E-state index is -0.0781. The molecule has 4 heterocycles. The van der Waals surface area contributed by atoms with Gasteiger partial charge >= 0.3 is 0 Å². The average molecular weight is 447 g/mol. The van der Waals surface area contributed by atoms with Gasteiger partial charge in [-0.2, -0.15) is 10.2 Å². The maximum absolute atomic E-state index is 14.0. The van der Waals surface area contributed by atoms with Crippen LogP contribution in [0.4, 0.5) is 0 Å². The van der Waals surface area contributed by atoms with E-state index in [-0.39, 0.29) is 24.1 Å². The molecule has 1 aliphatic heterocycles. The summed E-state index contributed by atoms with van der Waals surface area (Å²) < 4.78 is 6.30. The van der Waals surface area contributed by atoms with Crippen LogP contribution in [-0.4, -0.2) is 54.0 Å². The number of nitrogens with zero attached hydrogens (tertiary/aromatic N) is 6. The van der Waals surface area contributed by atoms with E-state index in [0.29, 0.717) is 29.1 Å². The van der Waals surface area contributed by atoms with Gasteiger partial charge in [-0.3, -0.25) is 4.79 Å². The Hall–Kier alpha value is -3.29. The molecule has 5 rings (SSSR count). The van der Waals surface area contributed by atoms with E-state index in [2.05, 4.69) is 34.0 Å². The number of hydrogen-bond donors (Lipinski definition) is 0. The van der Waals surface area contributed by atoms with Crippen molar-refractivity contribution in [1.82, 2.24) is 29.9 Å². The SMILES string of the molecule is Cc1ccc(OC2CC3CC2N(C(=O)c2ncc(C)cc2-n2nccn2)C3CC(C)C)nc1. The Morgan fingerprint density at radius 2 is 1.85 bits per heavy atom. The van der Waals surface area contributed by atoms with Crippen molar-refractivity contribution in [1.29, 1.82) is 0 Å². The fourth-order valence-electron chi connectivity index (χ4n) is 5.32. The monoisotopic (exact) mass is 446 g/mol. The average Bonchev–Trinajstić information content (AvgIpc) is 3.52. The predicted octanol–water partition coefficient (Wildman–Crippen LogP) is 3.77. The summed E-state index contributed by atoms with van der Waals surface area (Å²) in [5.41, 5.74) is 3.03. The molecule has 0 spiro atoms. The molecule has 4 unspecified atom stereocenters. The van der Waals surface area contributed by atoms with Gasteiger partial charge in [-0.1, -0.05) is 19.9 Å². The van der Waals surface area contributed by atoms with Crippen molar-refractivity contribution in [3.05, 3.63) is 59.8 Å². The first-order chi connectivity index (χ1) is 15.9. The molecular formula is C25H30N6O2. The van der Waals surface area contributed by atoms with Crippen molar-refractivity contribution < 1.29 is 9.53 Å². The van der Waals surface area contributed by atoms with Crippen LogP contribution in [0.5, 0.6) is 5.88 Å². The number of fused-ring (bicyclic) bond motifs is 2. The third kappa shape index (κ3) is 4.10. The van der Waals surface area contributed by atoms with E-state index in [1.54, 1.807) is 18.6 Å². The number of ether oxygens (including phenoxy) is 1. The number of rotatable bonds is 6. The number of pyridine rings is 2. The molecular weight excluding hydrogens is 416 g/mol. The van der Waals surface area contributed by atoms with Crippen LogP contribution in [0.15, 0.2) is 43.0 Å². The lowest BCUT2D eigenvalue weighted by Gasteiger charge is -2.40. The summed E-state index contributed by atoms with van der Waals surface area (Å²) in [5.74, 6) is 1.43. The third-order valence-electron chi connectivity index (χ3n) is 6.71. The number of aromatic nitrogens is 5. The second kappa shape index (κ2) is 8.57. The number of hydrogen-bond acceptors (Lipinski definition) is 6. The Kier molecular flexibility index (Phi) is 5.60. The molecule has 3 aromatic rings. The van der Waals surface area contributed by atoms with E-state index < -0.39 is 0 Å². The van der Waals surface area contributed by atoms with Crippen molar-refractivity contribution in [2.45, 2.75) is 65.1 Å². The number of aryl methyl sites for hydroxylation is 2. The molecule has 0 N–H and O–H groups in total. The van der Waals surface area contributed by atoms with Gasteiger partial charge in [0, 0.05) is 24.5 Å². The van der Waals surface area contributed by atoms with Gasteiger partial charge in [-0.25, -0.2) is 9.97 Å². The largest absolute Gasteiger partial charge is 0.472 e. The van der Waals surface area contributed by atoms with Gasteiger partial charge in [-0.15, -0.1) is 4.80 Å². The summed E-state index contributed by atoms with van der Waals surface area (Å²) >= 11 is 0. The standard InChI is InChI=1S/C25H30N6O2/c1-15(2)9-19-18-11-20(22(12-18)33-23-6-5-16(3)13-26-23)30(19)25(32)24-21(10-17(4)14-27-24)31-28-7-8-29-31/h5-8,10,13-15,18-20,22H,9,11-12H2,1-4H3. The molecule has 3 aromatic heterocycles. The van der Waals surface area contributed by atoms with Crippen LogP contribution in [0.25, 0.3) is 5.69 Å². The zero-order valence-corrected chi connectivity index (χ0v) is 19.5. The van der Waals surface area contributed by atoms with Crippen LogP contribution < -0.4 is 4.74 Å².